The number of carbonyl (C=O) groups excluding carboxylic acids is 1. The van der Waals surface area contributed by atoms with Crippen LogP contribution >= 0.6 is 11.8 Å². The van der Waals surface area contributed by atoms with E-state index in [1.165, 1.54) is 12.8 Å². The predicted octanol–water partition coefficient (Wildman–Crippen LogP) is 2.48. The van der Waals surface area contributed by atoms with E-state index in [0.717, 1.165) is 11.5 Å². The summed E-state index contributed by atoms with van der Waals surface area (Å²) >= 11 is 1.81. The number of unbranched alkanes of at least 4 members (excludes halogenated alkanes) is 1. The summed E-state index contributed by atoms with van der Waals surface area (Å²) in [4.78, 5) is 24.9. The monoisotopic (exact) mass is 287 g/mol. The summed E-state index contributed by atoms with van der Waals surface area (Å²) in [5.74, 6) is 1.19. The number of carboxylic acid groups (broad SMARTS) is 1. The standard InChI is InChI=1S/C14H25NO3S/c1-3-4-6-19-7-5-13(16)15-9-11(2)8-12(10-15)14(17)18/h11-12H,3-10H2,1-2H3,(H,17,18). The zero-order valence-electron chi connectivity index (χ0n) is 11.9. The van der Waals surface area contributed by atoms with E-state index in [2.05, 4.69) is 6.92 Å². The number of thioether (sulfide) groups is 1. The van der Waals surface area contributed by atoms with Crippen molar-refractivity contribution in [2.24, 2.45) is 11.8 Å². The number of nitrogens with zero attached hydrogens (tertiary/aromatic N) is 1. The van der Waals surface area contributed by atoms with Gasteiger partial charge in [-0.15, -0.1) is 0 Å². The molecule has 1 amide bonds. The van der Waals surface area contributed by atoms with E-state index in [4.69, 9.17) is 5.11 Å². The van der Waals surface area contributed by atoms with Crippen molar-refractivity contribution in [2.75, 3.05) is 24.6 Å². The summed E-state index contributed by atoms with van der Waals surface area (Å²) in [6.45, 7) is 5.28. The number of piperidine rings is 1. The first-order valence-corrected chi connectivity index (χ1v) is 8.28. The van der Waals surface area contributed by atoms with E-state index in [0.29, 0.717) is 25.9 Å². The molecule has 110 valence electrons. The van der Waals surface area contributed by atoms with Gasteiger partial charge in [-0.1, -0.05) is 20.3 Å². The highest BCUT2D eigenvalue weighted by atomic mass is 32.2. The van der Waals surface area contributed by atoms with Crippen LogP contribution in [0.3, 0.4) is 0 Å². The van der Waals surface area contributed by atoms with Crippen molar-refractivity contribution >= 4 is 23.6 Å². The Morgan fingerprint density at radius 1 is 1.32 bits per heavy atom. The number of likely N-dealkylation sites (tertiary alicyclic amines) is 1. The third-order valence-electron chi connectivity index (χ3n) is 3.46. The lowest BCUT2D eigenvalue weighted by Crippen LogP contribution is -2.45. The van der Waals surface area contributed by atoms with E-state index in [1.807, 2.05) is 18.7 Å². The van der Waals surface area contributed by atoms with Crippen LogP contribution in [0.4, 0.5) is 0 Å². The summed E-state index contributed by atoms with van der Waals surface area (Å²) in [6, 6.07) is 0. The fourth-order valence-corrected chi connectivity index (χ4v) is 3.42. The summed E-state index contributed by atoms with van der Waals surface area (Å²) in [5, 5.41) is 9.09. The normalized spacial score (nSPS) is 23.4. The molecule has 1 fully saturated rings. The molecule has 2 unspecified atom stereocenters. The summed E-state index contributed by atoms with van der Waals surface area (Å²) in [7, 11) is 0. The van der Waals surface area contributed by atoms with Crippen molar-refractivity contribution in [2.45, 2.75) is 39.5 Å². The molecule has 0 aliphatic carbocycles. The topological polar surface area (TPSA) is 57.6 Å². The highest BCUT2D eigenvalue weighted by Crippen LogP contribution is 2.22. The van der Waals surface area contributed by atoms with E-state index in [1.54, 1.807) is 4.90 Å². The number of carboxylic acids is 1. The SMILES string of the molecule is CCCCSCCC(=O)N1CC(C)CC(C(=O)O)C1. The first-order chi connectivity index (χ1) is 9.04. The molecule has 1 aliphatic heterocycles. The largest absolute Gasteiger partial charge is 0.481 e. The first-order valence-electron chi connectivity index (χ1n) is 7.12. The Labute approximate surface area is 119 Å². The second-order valence-electron chi connectivity index (χ2n) is 5.39. The van der Waals surface area contributed by atoms with Crippen LogP contribution in [0.2, 0.25) is 0 Å². The zero-order chi connectivity index (χ0) is 14.3. The third kappa shape index (κ3) is 5.85. The van der Waals surface area contributed by atoms with Gasteiger partial charge in [0.05, 0.1) is 5.92 Å². The van der Waals surface area contributed by atoms with Crippen molar-refractivity contribution < 1.29 is 14.7 Å². The number of hydrogen-bond acceptors (Lipinski definition) is 3. The molecule has 0 saturated carbocycles. The molecule has 1 aliphatic rings. The van der Waals surface area contributed by atoms with Gasteiger partial charge in [-0.05, 0) is 24.5 Å². The fraction of sp³-hybridized carbons (Fsp3) is 0.857. The van der Waals surface area contributed by atoms with Gasteiger partial charge in [0.25, 0.3) is 0 Å². The molecule has 5 heteroatoms. The molecule has 1 rings (SSSR count). The molecule has 2 atom stereocenters. The van der Waals surface area contributed by atoms with Crippen LogP contribution in [0.1, 0.15) is 39.5 Å². The molecule has 0 aromatic rings. The summed E-state index contributed by atoms with van der Waals surface area (Å²) in [6.07, 6.45) is 3.60. The van der Waals surface area contributed by atoms with E-state index < -0.39 is 5.97 Å². The minimum Gasteiger partial charge on any atom is -0.481 e. The Kier molecular flexibility index (Phi) is 7.28. The maximum atomic E-state index is 12.1. The molecule has 19 heavy (non-hydrogen) atoms. The fourth-order valence-electron chi connectivity index (χ4n) is 2.40. The van der Waals surface area contributed by atoms with Gasteiger partial charge in [0.2, 0.25) is 5.91 Å². The second kappa shape index (κ2) is 8.46. The number of aliphatic carboxylic acids is 1. The van der Waals surface area contributed by atoms with Crippen LogP contribution in [0.5, 0.6) is 0 Å². The number of hydrogen-bond donors (Lipinski definition) is 1. The average molecular weight is 287 g/mol. The predicted molar refractivity (Wildman–Crippen MR) is 78.3 cm³/mol. The van der Waals surface area contributed by atoms with Crippen LogP contribution in [-0.4, -0.2) is 46.5 Å². The van der Waals surface area contributed by atoms with Gasteiger partial charge in [0.15, 0.2) is 0 Å². The first kappa shape index (κ1) is 16.3. The van der Waals surface area contributed by atoms with Gasteiger partial charge in [0.1, 0.15) is 0 Å². The molecular weight excluding hydrogens is 262 g/mol. The molecule has 0 radical (unpaired) electrons. The maximum absolute atomic E-state index is 12.1. The van der Waals surface area contributed by atoms with Crippen LogP contribution < -0.4 is 0 Å². The van der Waals surface area contributed by atoms with E-state index >= 15 is 0 Å². The minimum atomic E-state index is -0.776. The molecule has 0 spiro atoms. The maximum Gasteiger partial charge on any atom is 0.308 e. The molecular formula is C14H25NO3S. The lowest BCUT2D eigenvalue weighted by atomic mass is 9.90. The van der Waals surface area contributed by atoms with Crippen molar-refractivity contribution in [3.8, 4) is 0 Å². The molecule has 0 aromatic heterocycles. The van der Waals surface area contributed by atoms with Gasteiger partial charge >= 0.3 is 5.97 Å². The van der Waals surface area contributed by atoms with Gasteiger partial charge in [-0.2, -0.15) is 11.8 Å². The second-order valence-corrected chi connectivity index (χ2v) is 6.62. The van der Waals surface area contributed by atoms with Gasteiger partial charge < -0.3 is 10.0 Å². The Morgan fingerprint density at radius 3 is 2.68 bits per heavy atom. The molecule has 1 saturated heterocycles. The van der Waals surface area contributed by atoms with Crippen molar-refractivity contribution in [1.29, 1.82) is 0 Å². The lowest BCUT2D eigenvalue weighted by Gasteiger charge is -2.34. The smallest absolute Gasteiger partial charge is 0.308 e. The summed E-state index contributed by atoms with van der Waals surface area (Å²) < 4.78 is 0. The lowest BCUT2D eigenvalue weighted by molar-refractivity contribution is -0.146. The average Bonchev–Trinajstić information content (AvgIpc) is 2.37. The molecule has 1 heterocycles. The minimum absolute atomic E-state index is 0.113. The molecule has 0 bridgehead atoms. The van der Waals surface area contributed by atoms with Crippen molar-refractivity contribution in [1.82, 2.24) is 4.90 Å². The van der Waals surface area contributed by atoms with Crippen molar-refractivity contribution in [3.63, 3.8) is 0 Å². The zero-order valence-corrected chi connectivity index (χ0v) is 12.7. The van der Waals surface area contributed by atoms with E-state index in [9.17, 15) is 9.59 Å². The van der Waals surface area contributed by atoms with E-state index in [-0.39, 0.29) is 17.7 Å². The number of carbonyl (C=O) groups is 2. The molecule has 0 aromatic carbocycles. The van der Waals surface area contributed by atoms with Gasteiger partial charge in [-0.25, -0.2) is 0 Å². The Balaban J connectivity index is 2.32. The highest BCUT2D eigenvalue weighted by molar-refractivity contribution is 7.99. The van der Waals surface area contributed by atoms with Crippen molar-refractivity contribution in [3.05, 3.63) is 0 Å². The molecule has 1 N–H and O–H groups in total. The summed E-state index contributed by atoms with van der Waals surface area (Å²) in [5.41, 5.74) is 0. The Morgan fingerprint density at radius 2 is 2.05 bits per heavy atom. The molecule has 4 nitrogen and oxygen atoms in total. The van der Waals surface area contributed by atoms with Crippen LogP contribution in [0, 0.1) is 11.8 Å². The number of rotatable bonds is 7. The van der Waals surface area contributed by atoms with Crippen LogP contribution in [0.15, 0.2) is 0 Å². The Hall–Kier alpha value is -0.710. The van der Waals surface area contributed by atoms with Gasteiger partial charge in [0, 0.05) is 25.3 Å². The van der Waals surface area contributed by atoms with Crippen LogP contribution in [0.25, 0.3) is 0 Å². The Bertz CT molecular complexity index is 309. The third-order valence-corrected chi connectivity index (χ3v) is 4.53. The van der Waals surface area contributed by atoms with Gasteiger partial charge in [-0.3, -0.25) is 9.59 Å². The highest BCUT2D eigenvalue weighted by Gasteiger charge is 2.31. The quantitative estimate of drug-likeness (QED) is 0.731. The number of amides is 1. The van der Waals surface area contributed by atoms with Crippen LogP contribution in [-0.2, 0) is 9.59 Å².